The Morgan fingerprint density at radius 3 is 2.50 bits per heavy atom. The molecule has 0 unspecified atom stereocenters. The van der Waals surface area contributed by atoms with Gasteiger partial charge in [-0.05, 0) is 32.5 Å². The minimum atomic E-state index is 0.850. The molecule has 0 aromatic heterocycles. The van der Waals surface area contributed by atoms with E-state index in [1.54, 1.807) is 0 Å². The summed E-state index contributed by atoms with van der Waals surface area (Å²) >= 11 is 0. The van der Waals surface area contributed by atoms with Gasteiger partial charge in [0.25, 0.3) is 0 Å². The Kier molecular flexibility index (Phi) is 4.67. The van der Waals surface area contributed by atoms with Crippen molar-refractivity contribution in [2.75, 3.05) is 13.6 Å². The zero-order valence-corrected chi connectivity index (χ0v) is 6.94. The van der Waals surface area contributed by atoms with Crippen molar-refractivity contribution in [3.63, 3.8) is 0 Å². The highest BCUT2D eigenvalue weighted by atomic mass is 14.8. The Balaban J connectivity index is 3.98. The zero-order valence-electron chi connectivity index (χ0n) is 6.94. The number of hydrogen-bond acceptors (Lipinski definition) is 2. The molecular formula is C8H16N2. The maximum absolute atomic E-state index is 5.49. The summed E-state index contributed by atoms with van der Waals surface area (Å²) in [7, 11) is 1.92. The van der Waals surface area contributed by atoms with Gasteiger partial charge >= 0.3 is 0 Å². The molecule has 0 saturated carbocycles. The summed E-state index contributed by atoms with van der Waals surface area (Å²) in [6.45, 7) is 4.77. The van der Waals surface area contributed by atoms with Crippen molar-refractivity contribution in [3.8, 4) is 0 Å². The van der Waals surface area contributed by atoms with Crippen LogP contribution in [0.2, 0.25) is 0 Å². The minimum absolute atomic E-state index is 0.850. The Labute approximate surface area is 62.8 Å². The number of rotatable bonds is 3. The third-order valence-corrected chi connectivity index (χ3v) is 1.16. The van der Waals surface area contributed by atoms with Gasteiger partial charge in [0.05, 0.1) is 0 Å². The summed E-state index contributed by atoms with van der Waals surface area (Å²) < 4.78 is 0. The molecule has 0 aromatic rings. The molecule has 0 aromatic carbocycles. The predicted octanol–water partition coefficient (Wildman–Crippen LogP) is 1.01. The molecule has 0 heterocycles. The second-order valence-corrected chi connectivity index (χ2v) is 2.28. The summed E-state index contributed by atoms with van der Waals surface area (Å²) in [6, 6.07) is 0. The fourth-order valence-electron chi connectivity index (χ4n) is 0.733. The van der Waals surface area contributed by atoms with E-state index < -0.39 is 0 Å². The van der Waals surface area contributed by atoms with Gasteiger partial charge < -0.3 is 11.1 Å². The van der Waals surface area contributed by atoms with Gasteiger partial charge in [-0.2, -0.15) is 0 Å². The standard InChI is InChI=1S/C8H16N2/c1-4-8(6-10-3)5-7(2)9/h4-5,10H,6,9H2,1-3H3/b7-5+,8-4+. The van der Waals surface area contributed by atoms with Crippen molar-refractivity contribution >= 4 is 0 Å². The van der Waals surface area contributed by atoms with Crippen LogP contribution in [0.5, 0.6) is 0 Å². The van der Waals surface area contributed by atoms with Gasteiger partial charge in [-0.15, -0.1) is 0 Å². The molecule has 0 aliphatic rings. The third kappa shape index (κ3) is 4.15. The van der Waals surface area contributed by atoms with E-state index in [1.165, 1.54) is 5.57 Å². The summed E-state index contributed by atoms with van der Waals surface area (Å²) in [6.07, 6.45) is 4.02. The maximum atomic E-state index is 5.49. The van der Waals surface area contributed by atoms with Crippen molar-refractivity contribution in [2.45, 2.75) is 13.8 Å². The second-order valence-electron chi connectivity index (χ2n) is 2.28. The summed E-state index contributed by atoms with van der Waals surface area (Å²) in [5.74, 6) is 0. The largest absolute Gasteiger partial charge is 0.402 e. The number of likely N-dealkylation sites (N-methyl/N-ethyl adjacent to an activating group) is 1. The molecule has 0 aliphatic heterocycles. The normalized spacial score (nSPS) is 13.9. The number of hydrogen-bond donors (Lipinski definition) is 2. The summed E-state index contributed by atoms with van der Waals surface area (Å²) in [5, 5.41) is 3.06. The molecule has 2 nitrogen and oxygen atoms in total. The molecule has 0 aliphatic carbocycles. The van der Waals surface area contributed by atoms with Crippen LogP contribution in [0, 0.1) is 0 Å². The number of allylic oxidation sites excluding steroid dienone is 2. The molecule has 0 atom stereocenters. The smallest absolute Gasteiger partial charge is 0.0199 e. The molecule has 10 heavy (non-hydrogen) atoms. The fourth-order valence-corrected chi connectivity index (χ4v) is 0.733. The zero-order chi connectivity index (χ0) is 7.98. The van der Waals surface area contributed by atoms with Crippen LogP contribution in [0.1, 0.15) is 13.8 Å². The average Bonchev–Trinajstić information content (AvgIpc) is 1.86. The maximum Gasteiger partial charge on any atom is 0.0199 e. The first-order chi connectivity index (χ1) is 4.70. The van der Waals surface area contributed by atoms with E-state index in [-0.39, 0.29) is 0 Å². The van der Waals surface area contributed by atoms with Crippen molar-refractivity contribution in [3.05, 3.63) is 23.4 Å². The van der Waals surface area contributed by atoms with Crippen molar-refractivity contribution in [1.82, 2.24) is 5.32 Å². The molecule has 0 spiro atoms. The van der Waals surface area contributed by atoms with Gasteiger partial charge in [-0.1, -0.05) is 6.08 Å². The van der Waals surface area contributed by atoms with E-state index in [0.29, 0.717) is 0 Å². The van der Waals surface area contributed by atoms with Crippen LogP contribution >= 0.6 is 0 Å². The van der Waals surface area contributed by atoms with E-state index in [9.17, 15) is 0 Å². The average molecular weight is 140 g/mol. The molecule has 0 radical (unpaired) electrons. The first kappa shape index (κ1) is 9.24. The quantitative estimate of drug-likeness (QED) is 0.574. The third-order valence-electron chi connectivity index (χ3n) is 1.16. The molecule has 0 bridgehead atoms. The van der Waals surface area contributed by atoms with E-state index >= 15 is 0 Å². The van der Waals surface area contributed by atoms with Gasteiger partial charge in [0.2, 0.25) is 0 Å². The second kappa shape index (κ2) is 5.06. The lowest BCUT2D eigenvalue weighted by molar-refractivity contribution is 0.892. The van der Waals surface area contributed by atoms with Crippen LogP contribution < -0.4 is 11.1 Å². The topological polar surface area (TPSA) is 38.0 Å². The van der Waals surface area contributed by atoms with E-state index in [1.807, 2.05) is 33.0 Å². The highest BCUT2D eigenvalue weighted by Crippen LogP contribution is 1.96. The van der Waals surface area contributed by atoms with Crippen LogP contribution in [0.15, 0.2) is 23.4 Å². The lowest BCUT2D eigenvalue weighted by Crippen LogP contribution is -2.09. The van der Waals surface area contributed by atoms with E-state index in [4.69, 9.17) is 5.73 Å². The molecular weight excluding hydrogens is 124 g/mol. The Hall–Kier alpha value is -0.760. The molecule has 0 saturated heterocycles. The molecule has 3 N–H and O–H groups in total. The summed E-state index contributed by atoms with van der Waals surface area (Å²) in [5.41, 5.74) is 7.57. The van der Waals surface area contributed by atoms with Gasteiger partial charge in [-0.25, -0.2) is 0 Å². The number of nitrogens with one attached hydrogen (secondary N) is 1. The Morgan fingerprint density at radius 2 is 2.20 bits per heavy atom. The van der Waals surface area contributed by atoms with E-state index in [2.05, 4.69) is 5.32 Å². The first-order valence-corrected chi connectivity index (χ1v) is 3.44. The van der Waals surface area contributed by atoms with Crippen LogP contribution in [-0.2, 0) is 0 Å². The molecule has 2 heteroatoms. The van der Waals surface area contributed by atoms with Gasteiger partial charge in [0, 0.05) is 12.2 Å². The van der Waals surface area contributed by atoms with Crippen molar-refractivity contribution in [2.24, 2.45) is 5.73 Å². The lowest BCUT2D eigenvalue weighted by atomic mass is 10.2. The summed E-state index contributed by atoms with van der Waals surface area (Å²) in [4.78, 5) is 0. The first-order valence-electron chi connectivity index (χ1n) is 3.44. The lowest BCUT2D eigenvalue weighted by Gasteiger charge is -1.99. The molecule has 0 rings (SSSR count). The molecule has 58 valence electrons. The Bertz CT molecular complexity index is 141. The van der Waals surface area contributed by atoms with E-state index in [0.717, 1.165) is 12.2 Å². The van der Waals surface area contributed by atoms with Gasteiger partial charge in [0.15, 0.2) is 0 Å². The highest BCUT2D eigenvalue weighted by Gasteiger charge is 1.87. The van der Waals surface area contributed by atoms with Crippen LogP contribution in [0.25, 0.3) is 0 Å². The van der Waals surface area contributed by atoms with Crippen LogP contribution in [-0.4, -0.2) is 13.6 Å². The number of nitrogens with two attached hydrogens (primary N) is 1. The predicted molar refractivity (Wildman–Crippen MR) is 45.6 cm³/mol. The Morgan fingerprint density at radius 1 is 1.60 bits per heavy atom. The fraction of sp³-hybridized carbons (Fsp3) is 0.500. The van der Waals surface area contributed by atoms with Gasteiger partial charge in [0.1, 0.15) is 0 Å². The van der Waals surface area contributed by atoms with Gasteiger partial charge in [-0.3, -0.25) is 0 Å². The van der Waals surface area contributed by atoms with Crippen molar-refractivity contribution < 1.29 is 0 Å². The highest BCUT2D eigenvalue weighted by molar-refractivity contribution is 5.21. The molecule has 0 fully saturated rings. The molecule has 0 amide bonds. The van der Waals surface area contributed by atoms with Crippen LogP contribution in [0.3, 0.4) is 0 Å². The monoisotopic (exact) mass is 140 g/mol. The van der Waals surface area contributed by atoms with Crippen molar-refractivity contribution in [1.29, 1.82) is 0 Å². The SMILES string of the molecule is C/C=C(\C=C(/C)N)CNC. The van der Waals surface area contributed by atoms with Crippen LogP contribution in [0.4, 0.5) is 0 Å². The minimum Gasteiger partial charge on any atom is -0.402 e.